The monoisotopic (exact) mass is 322 g/mol. The summed E-state index contributed by atoms with van der Waals surface area (Å²) in [6, 6.07) is 6.51. The number of hydrogen-bond acceptors (Lipinski definition) is 4. The molecule has 0 radical (unpaired) electrons. The Morgan fingerprint density at radius 3 is 2.59 bits per heavy atom. The summed E-state index contributed by atoms with van der Waals surface area (Å²) in [6.07, 6.45) is 1.50. The number of rotatable bonds is 5. The molecule has 8 heteroatoms. The Morgan fingerprint density at radius 2 is 2.00 bits per heavy atom. The number of nitrogens with zero attached hydrogens (tertiary/aromatic N) is 2. The summed E-state index contributed by atoms with van der Waals surface area (Å²) in [5.74, 6) is -0.222. The number of benzene rings is 1. The fraction of sp³-hybridized carbons (Fsp3) is 0.286. The molecular weight excluding hydrogens is 304 g/mol. The smallest absolute Gasteiger partial charge is 0.265 e. The molecule has 0 aliphatic carbocycles. The van der Waals surface area contributed by atoms with Gasteiger partial charge in [-0.25, -0.2) is 8.42 Å². The van der Waals surface area contributed by atoms with E-state index in [1.54, 1.807) is 35.9 Å². The Balaban J connectivity index is 2.28. The highest BCUT2D eigenvalue weighted by Crippen LogP contribution is 2.21. The lowest BCUT2D eigenvalue weighted by Crippen LogP contribution is -2.14. The van der Waals surface area contributed by atoms with Crippen molar-refractivity contribution < 1.29 is 13.2 Å². The molecule has 0 aliphatic rings. The van der Waals surface area contributed by atoms with E-state index in [-0.39, 0.29) is 10.8 Å². The Hall–Kier alpha value is -2.35. The molecule has 1 aromatic carbocycles. The quantitative estimate of drug-likeness (QED) is 0.880. The molecule has 0 saturated heterocycles. The predicted octanol–water partition coefficient (Wildman–Crippen LogP) is 1.97. The molecule has 118 valence electrons. The van der Waals surface area contributed by atoms with Crippen molar-refractivity contribution in [2.24, 2.45) is 0 Å². The van der Waals surface area contributed by atoms with Crippen LogP contribution in [0.5, 0.6) is 0 Å². The minimum absolute atomic E-state index is 0.138. The van der Waals surface area contributed by atoms with Gasteiger partial charge in [-0.15, -0.1) is 0 Å². The summed E-state index contributed by atoms with van der Waals surface area (Å²) >= 11 is 0. The average molecular weight is 322 g/mol. The first-order chi connectivity index (χ1) is 10.3. The van der Waals surface area contributed by atoms with Crippen LogP contribution in [0, 0.1) is 6.92 Å². The van der Waals surface area contributed by atoms with Gasteiger partial charge in [0.15, 0.2) is 0 Å². The van der Waals surface area contributed by atoms with Gasteiger partial charge in [0.1, 0.15) is 4.90 Å². The molecule has 7 nitrogen and oxygen atoms in total. The number of anilines is 2. The second kappa shape index (κ2) is 6.18. The highest BCUT2D eigenvalue weighted by molar-refractivity contribution is 7.92. The van der Waals surface area contributed by atoms with Crippen LogP contribution in [-0.4, -0.2) is 24.1 Å². The topological polar surface area (TPSA) is 93.1 Å². The molecule has 2 aromatic rings. The molecule has 1 aromatic heterocycles. The third kappa shape index (κ3) is 3.64. The van der Waals surface area contributed by atoms with E-state index in [0.717, 1.165) is 0 Å². The van der Waals surface area contributed by atoms with Gasteiger partial charge in [-0.2, -0.15) is 5.10 Å². The molecule has 0 aliphatic heterocycles. The lowest BCUT2D eigenvalue weighted by Gasteiger charge is -2.09. The van der Waals surface area contributed by atoms with E-state index in [4.69, 9.17) is 0 Å². The van der Waals surface area contributed by atoms with Crippen LogP contribution in [0.3, 0.4) is 0 Å². The Morgan fingerprint density at radius 1 is 1.32 bits per heavy atom. The van der Waals surface area contributed by atoms with Gasteiger partial charge in [0, 0.05) is 25.4 Å². The Bertz CT molecular complexity index is 796. The van der Waals surface area contributed by atoms with E-state index < -0.39 is 10.0 Å². The average Bonchev–Trinajstić information content (AvgIpc) is 2.80. The minimum atomic E-state index is -3.72. The van der Waals surface area contributed by atoms with Crippen LogP contribution >= 0.6 is 0 Å². The van der Waals surface area contributed by atoms with Crippen molar-refractivity contribution in [3.63, 3.8) is 0 Å². The summed E-state index contributed by atoms with van der Waals surface area (Å²) in [7, 11) is -3.72. The minimum Gasteiger partial charge on any atom is -0.326 e. The molecule has 0 unspecified atom stereocenters. The van der Waals surface area contributed by atoms with Gasteiger partial charge in [-0.05, 0) is 32.0 Å². The summed E-state index contributed by atoms with van der Waals surface area (Å²) in [6.45, 7) is 5.51. The number of hydrogen-bond donors (Lipinski definition) is 2. The van der Waals surface area contributed by atoms with Gasteiger partial charge in [-0.1, -0.05) is 6.07 Å². The van der Waals surface area contributed by atoms with Crippen LogP contribution in [0.4, 0.5) is 11.4 Å². The van der Waals surface area contributed by atoms with E-state index in [9.17, 15) is 13.2 Å². The maximum Gasteiger partial charge on any atom is 0.265 e. The van der Waals surface area contributed by atoms with Crippen molar-refractivity contribution in [3.8, 4) is 0 Å². The number of carbonyl (C=O) groups is 1. The van der Waals surface area contributed by atoms with E-state index in [0.29, 0.717) is 23.6 Å². The first kappa shape index (κ1) is 16.0. The van der Waals surface area contributed by atoms with E-state index in [1.165, 1.54) is 13.1 Å². The third-order valence-electron chi connectivity index (χ3n) is 2.95. The van der Waals surface area contributed by atoms with Crippen LogP contribution in [0.25, 0.3) is 0 Å². The fourth-order valence-corrected chi connectivity index (χ4v) is 3.24. The van der Waals surface area contributed by atoms with Crippen LogP contribution in [0.2, 0.25) is 0 Å². The summed E-state index contributed by atoms with van der Waals surface area (Å²) < 4.78 is 28.9. The van der Waals surface area contributed by atoms with Crippen molar-refractivity contribution in [1.82, 2.24) is 9.78 Å². The highest BCUT2D eigenvalue weighted by atomic mass is 32.2. The zero-order valence-corrected chi connectivity index (χ0v) is 13.4. The van der Waals surface area contributed by atoms with Gasteiger partial charge in [0.05, 0.1) is 11.4 Å². The maximum atomic E-state index is 12.4. The molecule has 0 bridgehead atoms. The van der Waals surface area contributed by atoms with Crippen molar-refractivity contribution in [2.75, 3.05) is 10.0 Å². The first-order valence-electron chi connectivity index (χ1n) is 6.76. The fourth-order valence-electron chi connectivity index (χ4n) is 2.00. The second-order valence-corrected chi connectivity index (χ2v) is 6.45. The van der Waals surface area contributed by atoms with E-state index in [1.807, 2.05) is 6.92 Å². The van der Waals surface area contributed by atoms with Crippen LogP contribution < -0.4 is 10.0 Å². The molecule has 0 spiro atoms. The van der Waals surface area contributed by atoms with Crippen molar-refractivity contribution >= 4 is 27.3 Å². The Kier molecular flexibility index (Phi) is 4.51. The molecule has 0 fully saturated rings. The third-order valence-corrected chi connectivity index (χ3v) is 4.43. The van der Waals surface area contributed by atoms with Gasteiger partial charge >= 0.3 is 0 Å². The molecule has 2 rings (SSSR count). The number of aromatic nitrogens is 2. The lowest BCUT2D eigenvalue weighted by molar-refractivity contribution is -0.114. The summed E-state index contributed by atoms with van der Waals surface area (Å²) in [4.78, 5) is 11.2. The largest absolute Gasteiger partial charge is 0.326 e. The van der Waals surface area contributed by atoms with Gasteiger partial charge < -0.3 is 5.32 Å². The molecular formula is C14H18N4O3S. The Labute approximate surface area is 129 Å². The number of aryl methyl sites for hydroxylation is 2. The second-order valence-electron chi connectivity index (χ2n) is 4.80. The number of nitrogens with one attached hydrogen (secondary N) is 2. The number of carbonyl (C=O) groups excluding carboxylic acids is 1. The molecule has 2 N–H and O–H groups in total. The van der Waals surface area contributed by atoms with Crippen LogP contribution in [0.1, 0.15) is 19.5 Å². The van der Waals surface area contributed by atoms with Crippen molar-refractivity contribution in [2.45, 2.75) is 32.2 Å². The van der Waals surface area contributed by atoms with Crippen molar-refractivity contribution in [3.05, 3.63) is 36.2 Å². The maximum absolute atomic E-state index is 12.4. The van der Waals surface area contributed by atoms with Gasteiger partial charge in [0.2, 0.25) is 5.91 Å². The van der Waals surface area contributed by atoms with Gasteiger partial charge in [-0.3, -0.25) is 14.2 Å². The summed E-state index contributed by atoms with van der Waals surface area (Å²) in [5.41, 5.74) is 1.33. The molecule has 22 heavy (non-hydrogen) atoms. The molecule has 0 atom stereocenters. The zero-order valence-electron chi connectivity index (χ0n) is 12.6. The SMILES string of the molecule is CCn1cc(S(=O)(=O)Nc2cccc(NC(C)=O)c2)c(C)n1. The lowest BCUT2D eigenvalue weighted by atomic mass is 10.3. The first-order valence-corrected chi connectivity index (χ1v) is 8.24. The van der Waals surface area contributed by atoms with Crippen LogP contribution in [-0.2, 0) is 21.4 Å². The molecule has 0 saturated carbocycles. The predicted molar refractivity (Wildman–Crippen MR) is 84.2 cm³/mol. The normalized spacial score (nSPS) is 11.2. The summed E-state index contributed by atoms with van der Waals surface area (Å²) in [5, 5.41) is 6.74. The number of sulfonamides is 1. The molecule has 1 heterocycles. The number of amides is 1. The van der Waals surface area contributed by atoms with E-state index in [2.05, 4.69) is 15.1 Å². The highest BCUT2D eigenvalue weighted by Gasteiger charge is 2.20. The van der Waals surface area contributed by atoms with Crippen molar-refractivity contribution in [1.29, 1.82) is 0 Å². The standard InChI is InChI=1S/C14H18N4O3S/c1-4-18-9-14(10(2)16-18)22(20,21)17-13-7-5-6-12(8-13)15-11(3)19/h5-9,17H,4H2,1-3H3,(H,15,19). The van der Waals surface area contributed by atoms with Gasteiger partial charge in [0.25, 0.3) is 10.0 Å². The van der Waals surface area contributed by atoms with Crippen LogP contribution in [0.15, 0.2) is 35.4 Å². The molecule has 1 amide bonds. The zero-order chi connectivity index (χ0) is 16.3. The van der Waals surface area contributed by atoms with E-state index >= 15 is 0 Å².